The first kappa shape index (κ1) is 18.7. The molecule has 0 aliphatic rings. The van der Waals surface area contributed by atoms with Gasteiger partial charge in [-0.25, -0.2) is 9.97 Å². The molecule has 0 radical (unpaired) electrons. The van der Waals surface area contributed by atoms with Crippen LogP contribution in [0.3, 0.4) is 0 Å². The minimum atomic E-state index is -0.381. The first-order valence-corrected chi connectivity index (χ1v) is 8.67. The Kier molecular flexibility index (Phi) is 5.57. The Bertz CT molecular complexity index is 991. The molecule has 0 aliphatic carbocycles. The van der Waals surface area contributed by atoms with Crippen LogP contribution in [0.15, 0.2) is 48.5 Å². The zero-order chi connectivity index (χ0) is 19.4. The number of benzene rings is 2. The molecule has 0 saturated heterocycles. The van der Waals surface area contributed by atoms with E-state index in [4.69, 9.17) is 16.3 Å². The van der Waals surface area contributed by atoms with Gasteiger partial charge in [-0.2, -0.15) is 0 Å². The molecule has 0 atom stereocenters. The van der Waals surface area contributed by atoms with Crippen molar-refractivity contribution >= 4 is 34.8 Å². The monoisotopic (exact) mass is 382 g/mol. The van der Waals surface area contributed by atoms with Gasteiger partial charge in [-0.05, 0) is 49.7 Å². The number of hydrogen-bond donors (Lipinski definition) is 2. The summed E-state index contributed by atoms with van der Waals surface area (Å²) in [6, 6.07) is 14.4. The predicted molar refractivity (Wildman–Crippen MR) is 107 cm³/mol. The number of nitrogens with one attached hydrogen (secondary N) is 2. The van der Waals surface area contributed by atoms with Crippen LogP contribution in [0.2, 0.25) is 5.02 Å². The number of amides is 1. The number of hydrogen-bond acceptors (Lipinski definition) is 5. The van der Waals surface area contributed by atoms with E-state index in [2.05, 4.69) is 20.6 Å². The van der Waals surface area contributed by atoms with Crippen molar-refractivity contribution in [2.45, 2.75) is 13.8 Å². The Morgan fingerprint density at radius 2 is 1.81 bits per heavy atom. The molecule has 0 fully saturated rings. The summed E-state index contributed by atoms with van der Waals surface area (Å²) in [5, 5.41) is 6.43. The van der Waals surface area contributed by atoms with Gasteiger partial charge in [-0.15, -0.1) is 0 Å². The number of nitrogens with zero attached hydrogens (tertiary/aromatic N) is 2. The lowest BCUT2D eigenvalue weighted by atomic mass is 10.2. The standard InChI is InChI=1S/C20H19ClN4O2/c1-12-6-4-5-7-15(12)24-20-22-13(2)10-17(25-20)19(26)23-16-11-14(21)8-9-18(16)27-3/h4-11H,1-3H3,(H,23,26)(H,22,24,25). The smallest absolute Gasteiger partial charge is 0.274 e. The van der Waals surface area contributed by atoms with Crippen LogP contribution in [0.4, 0.5) is 17.3 Å². The fraction of sp³-hybridized carbons (Fsp3) is 0.150. The van der Waals surface area contributed by atoms with Gasteiger partial charge in [0.05, 0.1) is 12.8 Å². The Labute approximate surface area is 162 Å². The van der Waals surface area contributed by atoms with Gasteiger partial charge < -0.3 is 15.4 Å². The average molecular weight is 383 g/mol. The highest BCUT2D eigenvalue weighted by molar-refractivity contribution is 6.31. The Hall–Kier alpha value is -3.12. The number of carbonyl (C=O) groups excluding carboxylic acids is 1. The summed E-state index contributed by atoms with van der Waals surface area (Å²) in [5.74, 6) is 0.484. The molecule has 0 unspecified atom stereocenters. The molecule has 3 aromatic rings. The quantitative estimate of drug-likeness (QED) is 0.665. The summed E-state index contributed by atoms with van der Waals surface area (Å²) >= 11 is 6.02. The normalized spacial score (nSPS) is 10.4. The fourth-order valence-corrected chi connectivity index (χ4v) is 2.71. The molecule has 0 bridgehead atoms. The second kappa shape index (κ2) is 8.05. The zero-order valence-corrected chi connectivity index (χ0v) is 16.0. The van der Waals surface area contributed by atoms with Gasteiger partial charge >= 0.3 is 0 Å². The summed E-state index contributed by atoms with van der Waals surface area (Å²) < 4.78 is 5.26. The van der Waals surface area contributed by atoms with E-state index < -0.39 is 0 Å². The third-order valence-electron chi connectivity index (χ3n) is 3.89. The molecular formula is C20H19ClN4O2. The minimum Gasteiger partial charge on any atom is -0.495 e. The molecule has 1 heterocycles. The maximum Gasteiger partial charge on any atom is 0.274 e. The third kappa shape index (κ3) is 4.54. The number of aryl methyl sites for hydroxylation is 2. The van der Waals surface area contributed by atoms with E-state index in [9.17, 15) is 4.79 Å². The average Bonchev–Trinajstić information content (AvgIpc) is 2.63. The lowest BCUT2D eigenvalue weighted by Gasteiger charge is -2.12. The van der Waals surface area contributed by atoms with Gasteiger partial charge in [0.15, 0.2) is 0 Å². The van der Waals surface area contributed by atoms with Crippen LogP contribution in [0.5, 0.6) is 5.75 Å². The van der Waals surface area contributed by atoms with Gasteiger partial charge in [-0.1, -0.05) is 29.8 Å². The van der Waals surface area contributed by atoms with E-state index in [0.717, 1.165) is 11.3 Å². The maximum atomic E-state index is 12.7. The molecule has 1 amide bonds. The molecule has 2 N–H and O–H groups in total. The Morgan fingerprint density at radius 3 is 2.56 bits per heavy atom. The fourth-order valence-electron chi connectivity index (χ4n) is 2.54. The first-order chi connectivity index (χ1) is 13.0. The summed E-state index contributed by atoms with van der Waals surface area (Å²) in [7, 11) is 1.53. The van der Waals surface area contributed by atoms with Crippen molar-refractivity contribution < 1.29 is 9.53 Å². The number of carbonyl (C=O) groups is 1. The van der Waals surface area contributed by atoms with Crippen molar-refractivity contribution in [3.63, 3.8) is 0 Å². The molecule has 0 aliphatic heterocycles. The van der Waals surface area contributed by atoms with Crippen molar-refractivity contribution in [2.75, 3.05) is 17.7 Å². The Morgan fingerprint density at radius 1 is 1.04 bits per heavy atom. The van der Waals surface area contributed by atoms with Crippen molar-refractivity contribution in [1.82, 2.24) is 9.97 Å². The molecule has 7 heteroatoms. The van der Waals surface area contributed by atoms with Crippen LogP contribution in [0, 0.1) is 13.8 Å². The number of anilines is 3. The number of aromatic nitrogens is 2. The second-order valence-electron chi connectivity index (χ2n) is 5.96. The number of rotatable bonds is 5. The molecule has 0 saturated carbocycles. The van der Waals surface area contributed by atoms with Gasteiger partial charge in [0.1, 0.15) is 11.4 Å². The Balaban J connectivity index is 1.86. The maximum absolute atomic E-state index is 12.7. The van der Waals surface area contributed by atoms with E-state index in [-0.39, 0.29) is 11.6 Å². The second-order valence-corrected chi connectivity index (χ2v) is 6.39. The highest BCUT2D eigenvalue weighted by Crippen LogP contribution is 2.28. The SMILES string of the molecule is COc1ccc(Cl)cc1NC(=O)c1cc(C)nc(Nc2ccccc2C)n1. The van der Waals surface area contributed by atoms with Crippen LogP contribution in [-0.2, 0) is 0 Å². The van der Waals surface area contributed by atoms with E-state index in [0.29, 0.717) is 28.1 Å². The van der Waals surface area contributed by atoms with Crippen LogP contribution in [0.25, 0.3) is 0 Å². The number of methoxy groups -OCH3 is 1. The summed E-state index contributed by atoms with van der Waals surface area (Å²) in [6.45, 7) is 3.79. The molecule has 0 spiro atoms. The molecular weight excluding hydrogens is 364 g/mol. The predicted octanol–water partition coefficient (Wildman–Crippen LogP) is 4.75. The molecule has 138 valence electrons. The van der Waals surface area contributed by atoms with E-state index in [1.807, 2.05) is 38.1 Å². The van der Waals surface area contributed by atoms with Crippen LogP contribution >= 0.6 is 11.6 Å². The van der Waals surface area contributed by atoms with E-state index in [1.165, 1.54) is 7.11 Å². The van der Waals surface area contributed by atoms with Gasteiger partial charge in [0, 0.05) is 16.4 Å². The van der Waals surface area contributed by atoms with Crippen molar-refractivity contribution in [3.05, 3.63) is 70.5 Å². The number of ether oxygens (including phenoxy) is 1. The highest BCUT2D eigenvalue weighted by Gasteiger charge is 2.14. The molecule has 2 aromatic carbocycles. The summed E-state index contributed by atoms with van der Waals surface area (Å²) in [6.07, 6.45) is 0. The first-order valence-electron chi connectivity index (χ1n) is 8.29. The van der Waals surface area contributed by atoms with E-state index >= 15 is 0 Å². The number of halogens is 1. The number of para-hydroxylation sites is 1. The van der Waals surface area contributed by atoms with Gasteiger partial charge in [-0.3, -0.25) is 4.79 Å². The summed E-state index contributed by atoms with van der Waals surface area (Å²) in [5.41, 5.74) is 3.31. The van der Waals surface area contributed by atoms with Gasteiger partial charge in [0.25, 0.3) is 5.91 Å². The molecule has 1 aromatic heterocycles. The van der Waals surface area contributed by atoms with Crippen LogP contribution in [-0.4, -0.2) is 23.0 Å². The van der Waals surface area contributed by atoms with Crippen molar-refractivity contribution in [3.8, 4) is 5.75 Å². The molecule has 27 heavy (non-hydrogen) atoms. The third-order valence-corrected chi connectivity index (χ3v) is 4.12. The molecule has 6 nitrogen and oxygen atoms in total. The van der Waals surface area contributed by atoms with Crippen LogP contribution < -0.4 is 15.4 Å². The highest BCUT2D eigenvalue weighted by atomic mass is 35.5. The van der Waals surface area contributed by atoms with Crippen molar-refractivity contribution in [2.24, 2.45) is 0 Å². The van der Waals surface area contributed by atoms with Crippen LogP contribution in [0.1, 0.15) is 21.7 Å². The summed E-state index contributed by atoms with van der Waals surface area (Å²) in [4.78, 5) is 21.4. The lowest BCUT2D eigenvalue weighted by molar-refractivity contribution is 0.102. The topological polar surface area (TPSA) is 76.1 Å². The van der Waals surface area contributed by atoms with Gasteiger partial charge in [0.2, 0.25) is 5.95 Å². The largest absolute Gasteiger partial charge is 0.495 e. The molecule has 3 rings (SSSR count). The van der Waals surface area contributed by atoms with Crippen molar-refractivity contribution in [1.29, 1.82) is 0 Å². The zero-order valence-electron chi connectivity index (χ0n) is 15.2. The lowest BCUT2D eigenvalue weighted by Crippen LogP contribution is -2.16. The minimum absolute atomic E-state index is 0.237. The van der Waals surface area contributed by atoms with E-state index in [1.54, 1.807) is 24.3 Å².